The maximum absolute atomic E-state index is 14.6. The van der Waals surface area contributed by atoms with E-state index in [0.717, 1.165) is 140 Å². The minimum Gasteiger partial charge on any atom is -0.453 e. The van der Waals surface area contributed by atoms with Crippen molar-refractivity contribution in [3.8, 4) is 22.5 Å². The number of likely N-dealkylation sites (tertiary alicyclic amines) is 2. The maximum atomic E-state index is 14.6. The number of H-pyrrole nitrogens is 2. The van der Waals surface area contributed by atoms with Crippen molar-refractivity contribution < 1.29 is 28.7 Å². The van der Waals surface area contributed by atoms with Crippen molar-refractivity contribution in [1.29, 1.82) is 0 Å². The number of amides is 4. The number of thioether (sulfide) groups is 2. The monoisotopic (exact) mass is 981 g/mol. The lowest BCUT2D eigenvalue weighted by molar-refractivity contribution is -0.138. The first-order valence-corrected chi connectivity index (χ1v) is 28.0. The lowest BCUT2D eigenvalue weighted by Gasteiger charge is -2.36. The molecule has 2 saturated carbocycles. The molecule has 4 aromatic rings. The highest BCUT2D eigenvalue weighted by molar-refractivity contribution is 7.98. The molecule has 2 aliphatic carbocycles. The maximum Gasteiger partial charge on any atom is 0.407 e. The number of aromatic nitrogens is 4. The van der Waals surface area contributed by atoms with Crippen LogP contribution in [0, 0.1) is 18.8 Å². The molecule has 16 heteroatoms. The molecule has 0 spiro atoms. The number of methoxy groups -OCH3 is 2. The molecule has 0 radical (unpaired) electrons. The number of aryl methyl sites for hydroxylation is 4. The van der Waals surface area contributed by atoms with Gasteiger partial charge in [0.25, 0.3) is 0 Å². The number of rotatable bonds is 18. The van der Waals surface area contributed by atoms with E-state index in [1.807, 2.05) is 29.8 Å². The van der Waals surface area contributed by atoms with Gasteiger partial charge in [0.05, 0.1) is 50.1 Å². The number of benzene rings is 2. The van der Waals surface area contributed by atoms with Gasteiger partial charge in [-0.2, -0.15) is 23.5 Å². The Morgan fingerprint density at radius 3 is 1.62 bits per heavy atom. The van der Waals surface area contributed by atoms with Crippen LogP contribution in [0.2, 0.25) is 0 Å². The number of nitrogens with one attached hydrogen (secondary N) is 4. The van der Waals surface area contributed by atoms with Gasteiger partial charge in [0, 0.05) is 23.2 Å². The fraction of sp³-hybridized carbons (Fsp3) is 0.585. The highest BCUT2D eigenvalue weighted by atomic mass is 32.2. The van der Waals surface area contributed by atoms with Crippen molar-refractivity contribution in [1.82, 2.24) is 40.4 Å². The fourth-order valence-electron chi connectivity index (χ4n) is 11.8. The lowest BCUT2D eigenvalue weighted by atomic mass is 9.84. The van der Waals surface area contributed by atoms with Gasteiger partial charge in [-0.3, -0.25) is 9.59 Å². The van der Waals surface area contributed by atoms with Crippen LogP contribution in [0.25, 0.3) is 22.5 Å². The number of carbonyl (C=O) groups is 4. The van der Waals surface area contributed by atoms with Crippen LogP contribution in [0.15, 0.2) is 48.8 Å². The molecule has 4 N–H and O–H groups in total. The van der Waals surface area contributed by atoms with Crippen molar-refractivity contribution >= 4 is 47.5 Å². The van der Waals surface area contributed by atoms with E-state index in [1.165, 1.54) is 25.3 Å². The Kier molecular flexibility index (Phi) is 17.0. The van der Waals surface area contributed by atoms with E-state index in [0.29, 0.717) is 24.7 Å². The number of hydrogen-bond acceptors (Lipinski definition) is 10. The molecule has 14 nitrogen and oxygen atoms in total. The third-order valence-corrected chi connectivity index (χ3v) is 16.7. The zero-order valence-electron chi connectivity index (χ0n) is 41.3. The Bertz CT molecular complexity index is 2410. The largest absolute Gasteiger partial charge is 0.453 e. The second-order valence-corrected chi connectivity index (χ2v) is 21.5. The number of alkyl carbamates (subject to hydrolysis) is 2. The molecule has 4 heterocycles. The van der Waals surface area contributed by atoms with Crippen LogP contribution >= 0.6 is 23.5 Å². The Morgan fingerprint density at radius 2 is 1.16 bits per heavy atom. The molecule has 4 aliphatic rings. The summed E-state index contributed by atoms with van der Waals surface area (Å²) < 4.78 is 9.94. The van der Waals surface area contributed by atoms with Gasteiger partial charge >= 0.3 is 12.2 Å². The molecule has 69 heavy (non-hydrogen) atoms. The second-order valence-electron chi connectivity index (χ2n) is 19.5. The van der Waals surface area contributed by atoms with Gasteiger partial charge < -0.3 is 39.9 Å². The van der Waals surface area contributed by atoms with E-state index in [-0.39, 0.29) is 36.0 Å². The highest BCUT2D eigenvalue weighted by Gasteiger charge is 2.49. The number of imidazole rings is 2. The first-order valence-electron chi connectivity index (χ1n) is 25.2. The topological polar surface area (TPSA) is 175 Å². The minimum atomic E-state index is -0.689. The number of fused-ring (bicyclic) bond motifs is 2. The van der Waals surface area contributed by atoms with Crippen molar-refractivity contribution in [2.75, 3.05) is 38.2 Å². The van der Waals surface area contributed by atoms with Gasteiger partial charge in [-0.25, -0.2) is 19.6 Å². The van der Waals surface area contributed by atoms with Gasteiger partial charge in [0.15, 0.2) is 0 Å². The van der Waals surface area contributed by atoms with Gasteiger partial charge in [-0.05, 0) is 142 Å². The molecule has 4 unspecified atom stereocenters. The summed E-state index contributed by atoms with van der Waals surface area (Å²) in [5.74, 6) is 3.60. The summed E-state index contributed by atoms with van der Waals surface area (Å²) in [4.78, 5) is 76.0. The van der Waals surface area contributed by atoms with Gasteiger partial charge in [0.2, 0.25) is 11.8 Å². The summed E-state index contributed by atoms with van der Waals surface area (Å²) in [5.41, 5.74) is 8.75. The molecule has 8 atom stereocenters. The van der Waals surface area contributed by atoms with Crippen LogP contribution in [-0.4, -0.2) is 116 Å². The molecule has 4 fully saturated rings. The molecule has 2 aromatic heterocycles. The molecule has 372 valence electrons. The molecule has 0 bridgehead atoms. The van der Waals surface area contributed by atoms with E-state index in [2.05, 4.69) is 75.7 Å². The minimum absolute atomic E-state index is 0.0696. The van der Waals surface area contributed by atoms with Crippen molar-refractivity contribution in [3.05, 3.63) is 82.7 Å². The van der Waals surface area contributed by atoms with Crippen LogP contribution in [0.1, 0.15) is 130 Å². The van der Waals surface area contributed by atoms with Crippen LogP contribution in [0.3, 0.4) is 0 Å². The first-order chi connectivity index (χ1) is 33.5. The van der Waals surface area contributed by atoms with Crippen LogP contribution in [-0.2, 0) is 38.3 Å². The third kappa shape index (κ3) is 11.3. The van der Waals surface area contributed by atoms with Crippen molar-refractivity contribution in [2.24, 2.45) is 11.8 Å². The molecular weight excluding hydrogens is 909 g/mol. The summed E-state index contributed by atoms with van der Waals surface area (Å²) in [6, 6.07) is 11.7. The zero-order valence-corrected chi connectivity index (χ0v) is 42.9. The van der Waals surface area contributed by atoms with Gasteiger partial charge in [0.1, 0.15) is 23.7 Å². The predicted octanol–water partition coefficient (Wildman–Crippen LogP) is 9.74. The van der Waals surface area contributed by atoms with E-state index in [4.69, 9.17) is 19.4 Å². The average Bonchev–Trinajstić information content (AvgIpc) is 4.21. The second kappa shape index (κ2) is 23.3. The number of hydrogen-bond donors (Lipinski definition) is 4. The fourth-order valence-corrected chi connectivity index (χ4v) is 12.7. The molecule has 8 rings (SSSR count). The lowest BCUT2D eigenvalue weighted by Crippen LogP contribution is -2.52. The molecular formula is C53H72N8O6S2. The Balaban J connectivity index is 1.14. The van der Waals surface area contributed by atoms with E-state index < -0.39 is 24.3 Å². The average molecular weight is 981 g/mol. The summed E-state index contributed by atoms with van der Waals surface area (Å²) >= 11 is 3.30. The predicted molar refractivity (Wildman–Crippen MR) is 274 cm³/mol. The van der Waals surface area contributed by atoms with E-state index in [9.17, 15) is 19.2 Å². The van der Waals surface area contributed by atoms with Crippen molar-refractivity contribution in [2.45, 2.75) is 146 Å². The number of carbonyl (C=O) groups excluding carboxylic acids is 4. The van der Waals surface area contributed by atoms with Crippen LogP contribution in [0.4, 0.5) is 9.59 Å². The van der Waals surface area contributed by atoms with Gasteiger partial charge in [-0.15, -0.1) is 0 Å². The van der Waals surface area contributed by atoms with E-state index >= 15 is 0 Å². The van der Waals surface area contributed by atoms with E-state index in [1.54, 1.807) is 23.5 Å². The molecule has 4 amide bonds. The number of ether oxygens (including phenoxy) is 2. The summed E-state index contributed by atoms with van der Waals surface area (Å²) in [6.45, 7) is 4.28. The summed E-state index contributed by atoms with van der Waals surface area (Å²) in [6.07, 6.45) is 20.2. The first kappa shape index (κ1) is 50.4. The Hall–Kier alpha value is -4.96. The number of aromatic amines is 2. The molecule has 2 aromatic carbocycles. The highest BCUT2D eigenvalue weighted by Crippen LogP contribution is 2.48. The molecule has 2 aliphatic heterocycles. The summed E-state index contributed by atoms with van der Waals surface area (Å²) in [5, 5.41) is 5.72. The summed E-state index contributed by atoms with van der Waals surface area (Å²) in [7, 11) is 2.67. The van der Waals surface area contributed by atoms with Gasteiger partial charge in [-0.1, -0.05) is 62.4 Å². The standard InChI is InChI=1S/C53H72N8O6S2/c1-7-34-26-39(43-31-55-49(57-43)47-29-37-13-9-11-15-45(37)61(47)51(63)41(23-25-69-6)59-53(65)67-4)35(21-20-33-18-16-32(2)17-19-33)27-38(34)42-30-54-48(56-42)46-28-36-12-8-10-14-44(36)60(46)50(62)40(22-24-68-5)58-52(64)66-3/h16-19,26-27,30-31,36-37,40-41,44-47H,7-15,20-25,28-29H2,1-6H3,(H,54,56)(H,55,57)(H,58,64)(H,59,65)/t36?,37?,40-,41-,44?,45?,46-,47-/m0/s1. The zero-order chi connectivity index (χ0) is 48.6. The Morgan fingerprint density at radius 1 is 0.696 bits per heavy atom. The van der Waals surface area contributed by atoms with Crippen molar-refractivity contribution in [3.63, 3.8) is 0 Å². The third-order valence-electron chi connectivity index (χ3n) is 15.4. The smallest absolute Gasteiger partial charge is 0.407 e. The quantitative estimate of drug-likeness (QED) is 0.0752. The number of nitrogens with zero attached hydrogens (tertiary/aromatic N) is 4. The van der Waals surface area contributed by atoms with Crippen LogP contribution in [0.5, 0.6) is 0 Å². The Labute approximate surface area is 416 Å². The van der Waals surface area contributed by atoms with Crippen LogP contribution < -0.4 is 10.6 Å². The molecule has 2 saturated heterocycles. The normalized spacial score (nSPS) is 22.9. The SMILES string of the molecule is CCc1cc(-c2cnc([C@@H]3CC4CCCCC4N3C(=O)[C@H](CCSC)NC(=O)OC)[nH]2)c(CCc2ccc(C)cc2)cc1-c1cnc([C@@H]2CC3CCCCC3N2C(=O)[C@H](CCSC)NC(=O)OC)[nH]1.